The normalized spacial score (nSPS) is 10.0. The second-order valence-electron chi connectivity index (χ2n) is 5.39. The summed E-state index contributed by atoms with van der Waals surface area (Å²) in [5, 5.41) is 8.73. The highest BCUT2D eigenvalue weighted by atomic mass is 19.1. The van der Waals surface area contributed by atoms with Gasteiger partial charge < -0.3 is 9.64 Å². The van der Waals surface area contributed by atoms with Crippen LogP contribution in [0.3, 0.4) is 0 Å². The number of amides is 1. The van der Waals surface area contributed by atoms with E-state index in [-0.39, 0.29) is 19.4 Å². The van der Waals surface area contributed by atoms with E-state index in [0.29, 0.717) is 11.3 Å². The van der Waals surface area contributed by atoms with Crippen molar-refractivity contribution in [3.05, 3.63) is 65.7 Å². The van der Waals surface area contributed by atoms with Crippen molar-refractivity contribution in [1.29, 1.82) is 5.26 Å². The molecule has 5 nitrogen and oxygen atoms in total. The van der Waals surface area contributed by atoms with Crippen molar-refractivity contribution < 1.29 is 23.1 Å². The molecule has 1 amide bonds. The van der Waals surface area contributed by atoms with Gasteiger partial charge in [0.1, 0.15) is 11.6 Å². The molecule has 0 N–H and O–H groups in total. The fraction of sp³-hybridized carbons (Fsp3) is 0.211. The van der Waals surface area contributed by atoms with Crippen molar-refractivity contribution in [1.82, 2.24) is 0 Å². The molecule has 0 unspecified atom stereocenters. The number of esters is 1. The molecule has 134 valence electrons. The number of nitriles is 1. The molecule has 0 spiro atoms. The molecule has 0 heterocycles. The van der Waals surface area contributed by atoms with Gasteiger partial charge in [0.05, 0.1) is 18.9 Å². The maximum atomic E-state index is 13.0. The molecule has 0 bridgehead atoms. The fourth-order valence-electron chi connectivity index (χ4n) is 2.22. The zero-order chi connectivity index (χ0) is 18.9. The van der Waals surface area contributed by atoms with Gasteiger partial charge in [-0.2, -0.15) is 5.26 Å². The third-order valence-electron chi connectivity index (χ3n) is 3.50. The Morgan fingerprint density at radius 2 is 1.58 bits per heavy atom. The van der Waals surface area contributed by atoms with E-state index in [2.05, 4.69) is 0 Å². The van der Waals surface area contributed by atoms with Gasteiger partial charge in [-0.05, 0) is 42.0 Å². The van der Waals surface area contributed by atoms with E-state index in [9.17, 15) is 18.4 Å². The van der Waals surface area contributed by atoms with Gasteiger partial charge >= 0.3 is 5.97 Å². The molecule has 0 fully saturated rings. The largest absolute Gasteiger partial charge is 0.455 e. The van der Waals surface area contributed by atoms with Crippen LogP contribution in [0.4, 0.5) is 14.5 Å². The van der Waals surface area contributed by atoms with E-state index in [1.54, 1.807) is 0 Å². The zero-order valence-corrected chi connectivity index (χ0v) is 13.8. The van der Waals surface area contributed by atoms with Crippen molar-refractivity contribution in [2.45, 2.75) is 12.8 Å². The predicted octanol–water partition coefficient (Wildman–Crippen LogP) is 3.00. The molecular weight excluding hydrogens is 342 g/mol. The number of carbonyl (C=O) groups is 2. The molecule has 0 saturated heterocycles. The standard InChI is InChI=1S/C19H16F2N2O3/c20-15-4-2-14(3-5-15)12-19(25)26-13-18(24)23(11-1-10-22)17-8-6-16(21)7-9-17/h2-9H,1,11-13H2. The van der Waals surface area contributed by atoms with Crippen LogP contribution in [-0.4, -0.2) is 25.0 Å². The number of hydrogen-bond acceptors (Lipinski definition) is 4. The lowest BCUT2D eigenvalue weighted by molar-refractivity contribution is -0.147. The van der Waals surface area contributed by atoms with Gasteiger partial charge in [-0.3, -0.25) is 9.59 Å². The average Bonchev–Trinajstić information content (AvgIpc) is 2.63. The molecule has 0 atom stereocenters. The molecule has 0 aromatic heterocycles. The summed E-state index contributed by atoms with van der Waals surface area (Å²) in [6.07, 6.45) is -0.0189. The molecule has 26 heavy (non-hydrogen) atoms. The highest BCUT2D eigenvalue weighted by Gasteiger charge is 2.18. The van der Waals surface area contributed by atoms with Crippen LogP contribution in [0.1, 0.15) is 12.0 Å². The van der Waals surface area contributed by atoms with Crippen LogP contribution >= 0.6 is 0 Å². The lowest BCUT2D eigenvalue weighted by Gasteiger charge is -2.21. The Morgan fingerprint density at radius 3 is 2.15 bits per heavy atom. The molecule has 2 aromatic rings. The lowest BCUT2D eigenvalue weighted by atomic mass is 10.1. The number of benzene rings is 2. The average molecular weight is 358 g/mol. The highest BCUT2D eigenvalue weighted by molar-refractivity contribution is 5.95. The minimum atomic E-state index is -0.635. The smallest absolute Gasteiger partial charge is 0.310 e. The number of anilines is 1. The summed E-state index contributed by atoms with van der Waals surface area (Å²) in [5.41, 5.74) is 0.963. The fourth-order valence-corrected chi connectivity index (χ4v) is 2.22. The van der Waals surface area contributed by atoms with Gasteiger partial charge in [0.25, 0.3) is 5.91 Å². The summed E-state index contributed by atoms with van der Waals surface area (Å²) in [6, 6.07) is 12.5. The lowest BCUT2D eigenvalue weighted by Crippen LogP contribution is -2.35. The summed E-state index contributed by atoms with van der Waals surface area (Å²) >= 11 is 0. The third kappa shape index (κ3) is 5.67. The Morgan fingerprint density at radius 1 is 1.00 bits per heavy atom. The van der Waals surface area contributed by atoms with E-state index in [4.69, 9.17) is 10.00 Å². The molecule has 0 saturated carbocycles. The molecule has 2 rings (SSSR count). The minimum Gasteiger partial charge on any atom is -0.455 e. The summed E-state index contributed by atoms with van der Waals surface area (Å²) in [5.74, 6) is -2.03. The van der Waals surface area contributed by atoms with Crippen LogP contribution in [0.2, 0.25) is 0 Å². The van der Waals surface area contributed by atoms with Crippen LogP contribution in [0.15, 0.2) is 48.5 Å². The Kier molecular flexibility index (Phi) is 6.80. The minimum absolute atomic E-state index is 0.0760. The highest BCUT2D eigenvalue weighted by Crippen LogP contribution is 2.16. The quantitative estimate of drug-likeness (QED) is 0.714. The van der Waals surface area contributed by atoms with Crippen molar-refractivity contribution in [3.63, 3.8) is 0 Å². The second kappa shape index (κ2) is 9.28. The summed E-state index contributed by atoms with van der Waals surface area (Å²) in [7, 11) is 0. The molecule has 0 aliphatic heterocycles. The van der Waals surface area contributed by atoms with Gasteiger partial charge in [0, 0.05) is 12.2 Å². The molecule has 7 heteroatoms. The first-order chi connectivity index (χ1) is 12.5. The first kappa shape index (κ1) is 19.1. The first-order valence-corrected chi connectivity index (χ1v) is 7.82. The number of carbonyl (C=O) groups excluding carboxylic acids is 2. The number of ether oxygens (including phenoxy) is 1. The van der Waals surface area contributed by atoms with Gasteiger partial charge in [0.15, 0.2) is 6.61 Å². The topological polar surface area (TPSA) is 70.4 Å². The van der Waals surface area contributed by atoms with E-state index < -0.39 is 30.1 Å². The van der Waals surface area contributed by atoms with E-state index in [1.165, 1.54) is 53.4 Å². The Hall–Kier alpha value is -3.27. The number of hydrogen-bond donors (Lipinski definition) is 0. The van der Waals surface area contributed by atoms with Crippen molar-refractivity contribution in [3.8, 4) is 6.07 Å². The van der Waals surface area contributed by atoms with Crippen LogP contribution in [-0.2, 0) is 20.7 Å². The van der Waals surface area contributed by atoms with Crippen molar-refractivity contribution in [2.75, 3.05) is 18.1 Å². The third-order valence-corrected chi connectivity index (χ3v) is 3.50. The summed E-state index contributed by atoms with van der Waals surface area (Å²) in [6.45, 7) is -0.417. The summed E-state index contributed by atoms with van der Waals surface area (Å²) < 4.78 is 30.8. The molecule has 0 radical (unpaired) electrons. The Balaban J connectivity index is 1.95. The van der Waals surface area contributed by atoms with Crippen LogP contribution in [0, 0.1) is 23.0 Å². The first-order valence-electron chi connectivity index (χ1n) is 7.82. The monoisotopic (exact) mass is 358 g/mol. The van der Waals surface area contributed by atoms with Crippen LogP contribution < -0.4 is 4.90 Å². The van der Waals surface area contributed by atoms with Gasteiger partial charge in [-0.15, -0.1) is 0 Å². The molecule has 0 aliphatic carbocycles. The SMILES string of the molecule is N#CCCN(C(=O)COC(=O)Cc1ccc(F)cc1)c1ccc(F)cc1. The zero-order valence-electron chi connectivity index (χ0n) is 13.8. The molecule has 0 aliphatic rings. The van der Waals surface area contributed by atoms with E-state index in [0.717, 1.165) is 0 Å². The predicted molar refractivity (Wildman–Crippen MR) is 90.0 cm³/mol. The van der Waals surface area contributed by atoms with Crippen molar-refractivity contribution >= 4 is 17.6 Å². The van der Waals surface area contributed by atoms with E-state index in [1.807, 2.05) is 6.07 Å². The van der Waals surface area contributed by atoms with E-state index >= 15 is 0 Å². The Bertz CT molecular complexity index is 799. The van der Waals surface area contributed by atoms with Gasteiger partial charge in [0.2, 0.25) is 0 Å². The molecular formula is C19H16F2N2O3. The molecule has 2 aromatic carbocycles. The van der Waals surface area contributed by atoms with Crippen LogP contribution in [0.5, 0.6) is 0 Å². The van der Waals surface area contributed by atoms with Crippen molar-refractivity contribution in [2.24, 2.45) is 0 Å². The number of halogens is 2. The number of nitrogens with zero attached hydrogens (tertiary/aromatic N) is 2. The number of rotatable bonds is 7. The summed E-state index contributed by atoms with van der Waals surface area (Å²) in [4.78, 5) is 25.4. The van der Waals surface area contributed by atoms with Crippen LogP contribution in [0.25, 0.3) is 0 Å². The second-order valence-corrected chi connectivity index (χ2v) is 5.39. The maximum Gasteiger partial charge on any atom is 0.310 e. The Labute approximate surface area is 149 Å². The van der Waals surface area contributed by atoms with Gasteiger partial charge in [-0.1, -0.05) is 12.1 Å². The van der Waals surface area contributed by atoms with Gasteiger partial charge in [-0.25, -0.2) is 8.78 Å². The maximum absolute atomic E-state index is 13.0.